The number of benzene rings is 1. The molecule has 1 aliphatic heterocycles. The van der Waals surface area contributed by atoms with Crippen LogP contribution < -0.4 is 5.48 Å². The highest BCUT2D eigenvalue weighted by molar-refractivity contribution is 7.59. The molecule has 1 heterocycles. The maximum Gasteiger partial charge on any atom is 0.274 e. The van der Waals surface area contributed by atoms with E-state index in [1.807, 2.05) is 17.0 Å². The molecule has 1 atom stereocenters. The third kappa shape index (κ3) is 2.97. The molecule has 1 saturated heterocycles. The van der Waals surface area contributed by atoms with Gasteiger partial charge in [-0.2, -0.15) is 13.5 Å². The predicted octanol–water partition coefficient (Wildman–Crippen LogP) is 2.03. The van der Waals surface area contributed by atoms with Crippen LogP contribution in [0.25, 0.3) is 0 Å². The maximum absolute atomic E-state index is 12.8. The molecule has 1 fully saturated rings. The molecule has 0 radical (unpaired) electrons. The first-order chi connectivity index (χ1) is 10.5. The van der Waals surface area contributed by atoms with Crippen molar-refractivity contribution in [3.63, 3.8) is 0 Å². The Kier molecular flexibility index (Phi) is 5.06. The molecule has 5 nitrogen and oxygen atoms in total. The summed E-state index contributed by atoms with van der Waals surface area (Å²) in [6.07, 6.45) is 3.32. The van der Waals surface area contributed by atoms with E-state index in [0.29, 0.717) is 5.56 Å². The van der Waals surface area contributed by atoms with E-state index in [4.69, 9.17) is 5.21 Å². The Hall–Kier alpha value is -1.53. The van der Waals surface area contributed by atoms with E-state index in [1.54, 1.807) is 11.5 Å². The molecule has 1 aromatic carbocycles. The Balaban J connectivity index is 0.00000192. The van der Waals surface area contributed by atoms with Crippen molar-refractivity contribution in [1.82, 2.24) is 10.4 Å². The van der Waals surface area contributed by atoms with Crippen LogP contribution in [0.4, 0.5) is 0 Å². The summed E-state index contributed by atoms with van der Waals surface area (Å²) in [4.78, 5) is 26.3. The summed E-state index contributed by atoms with van der Waals surface area (Å²) in [7, 11) is 0. The molecular formula is C17H24N2O3S. The quantitative estimate of drug-likeness (QED) is 0.641. The van der Waals surface area contributed by atoms with Crippen molar-refractivity contribution in [1.29, 1.82) is 0 Å². The lowest BCUT2D eigenvalue weighted by atomic mass is 9.70. The van der Waals surface area contributed by atoms with E-state index in [0.717, 1.165) is 43.4 Å². The van der Waals surface area contributed by atoms with Gasteiger partial charge in [0.05, 0.1) is 5.41 Å². The fourth-order valence-corrected chi connectivity index (χ4v) is 3.80. The smallest absolute Gasteiger partial charge is 0.274 e. The zero-order valence-electron chi connectivity index (χ0n) is 13.6. The summed E-state index contributed by atoms with van der Waals surface area (Å²) in [5.74, 6) is -0.212. The summed E-state index contributed by atoms with van der Waals surface area (Å²) in [6, 6.07) is 5.71. The van der Waals surface area contributed by atoms with Crippen molar-refractivity contribution in [2.45, 2.75) is 45.6 Å². The van der Waals surface area contributed by atoms with Gasteiger partial charge in [-0.15, -0.1) is 0 Å². The summed E-state index contributed by atoms with van der Waals surface area (Å²) < 4.78 is 0. The molecule has 0 bridgehead atoms. The van der Waals surface area contributed by atoms with Crippen LogP contribution in [0.1, 0.15) is 48.2 Å². The van der Waals surface area contributed by atoms with Crippen molar-refractivity contribution in [3.8, 4) is 0 Å². The molecule has 126 valence electrons. The Bertz CT molecular complexity index is 632. The fourth-order valence-electron chi connectivity index (χ4n) is 3.80. The first-order valence-corrected chi connectivity index (χ1v) is 7.84. The number of likely N-dealkylation sites (tertiary alicyclic amines) is 1. The third-order valence-corrected chi connectivity index (χ3v) is 5.14. The van der Waals surface area contributed by atoms with E-state index >= 15 is 0 Å². The number of hydrogen-bond donors (Lipinski definition) is 2. The molecule has 6 heteroatoms. The number of rotatable bonds is 2. The van der Waals surface area contributed by atoms with Gasteiger partial charge < -0.3 is 4.90 Å². The van der Waals surface area contributed by atoms with Gasteiger partial charge in [0.2, 0.25) is 5.91 Å². The van der Waals surface area contributed by atoms with Crippen LogP contribution in [0.2, 0.25) is 0 Å². The van der Waals surface area contributed by atoms with E-state index in [9.17, 15) is 9.59 Å². The largest absolute Gasteiger partial charge is 0.340 e. The molecule has 0 saturated carbocycles. The van der Waals surface area contributed by atoms with E-state index < -0.39 is 5.91 Å². The van der Waals surface area contributed by atoms with E-state index in [-0.39, 0.29) is 30.9 Å². The van der Waals surface area contributed by atoms with Gasteiger partial charge in [0, 0.05) is 18.2 Å². The van der Waals surface area contributed by atoms with Crippen LogP contribution in [-0.4, -0.2) is 34.5 Å². The van der Waals surface area contributed by atoms with Gasteiger partial charge in [-0.3, -0.25) is 14.8 Å². The molecule has 23 heavy (non-hydrogen) atoms. The van der Waals surface area contributed by atoms with Gasteiger partial charge >= 0.3 is 0 Å². The Morgan fingerprint density at radius 1 is 1.30 bits per heavy atom. The van der Waals surface area contributed by atoms with Gasteiger partial charge in [-0.05, 0) is 62.8 Å². The first-order valence-electron chi connectivity index (χ1n) is 7.84. The second-order valence-corrected chi connectivity index (χ2v) is 6.72. The normalized spacial score (nSPS) is 23.0. The topological polar surface area (TPSA) is 69.6 Å². The maximum atomic E-state index is 12.8. The fraction of sp³-hybridized carbons (Fsp3) is 0.529. The summed E-state index contributed by atoms with van der Waals surface area (Å²) in [5.41, 5.74) is 4.13. The number of aryl methyl sites for hydroxylation is 1. The number of fused-ring (bicyclic) bond motifs is 1. The van der Waals surface area contributed by atoms with Crippen LogP contribution in [0, 0.1) is 5.41 Å². The number of nitrogens with zero attached hydrogens (tertiary/aromatic N) is 1. The Morgan fingerprint density at radius 2 is 2.04 bits per heavy atom. The van der Waals surface area contributed by atoms with Gasteiger partial charge in [-0.25, -0.2) is 5.48 Å². The van der Waals surface area contributed by atoms with E-state index in [1.165, 1.54) is 0 Å². The number of carbonyl (C=O) groups excluding carboxylic acids is 2. The summed E-state index contributed by atoms with van der Waals surface area (Å²) in [6.45, 7) is 4.97. The minimum atomic E-state index is -0.494. The SMILES string of the molecule is CC(C)N1CC[C@@]2(CCc3cc(C(=O)NO)ccc3C2)C1=O.S. The van der Waals surface area contributed by atoms with Crippen LogP contribution in [0.15, 0.2) is 18.2 Å². The number of hydroxylamine groups is 1. The van der Waals surface area contributed by atoms with Gasteiger partial charge in [0.1, 0.15) is 0 Å². The number of carbonyl (C=O) groups is 2. The Labute approximate surface area is 143 Å². The Morgan fingerprint density at radius 3 is 2.65 bits per heavy atom. The molecule has 0 aromatic heterocycles. The average Bonchev–Trinajstić information content (AvgIpc) is 2.83. The lowest BCUT2D eigenvalue weighted by molar-refractivity contribution is -0.138. The molecule has 3 rings (SSSR count). The number of hydrogen-bond acceptors (Lipinski definition) is 3. The highest BCUT2D eigenvalue weighted by Gasteiger charge is 2.48. The van der Waals surface area contributed by atoms with Crippen molar-refractivity contribution < 1.29 is 14.8 Å². The van der Waals surface area contributed by atoms with Crippen molar-refractivity contribution >= 4 is 25.3 Å². The molecule has 1 aliphatic carbocycles. The summed E-state index contributed by atoms with van der Waals surface area (Å²) >= 11 is 0. The minimum absolute atomic E-state index is 0. The van der Waals surface area contributed by atoms with Gasteiger partial charge in [-0.1, -0.05) is 6.07 Å². The first kappa shape index (κ1) is 17.8. The van der Waals surface area contributed by atoms with E-state index in [2.05, 4.69) is 13.8 Å². The molecule has 2 aliphatic rings. The second kappa shape index (κ2) is 6.53. The third-order valence-electron chi connectivity index (χ3n) is 5.14. The molecular weight excluding hydrogens is 312 g/mol. The monoisotopic (exact) mass is 336 g/mol. The second-order valence-electron chi connectivity index (χ2n) is 6.72. The molecule has 2 N–H and O–H groups in total. The minimum Gasteiger partial charge on any atom is -0.340 e. The standard InChI is InChI=1S/C17H22N2O3.H2S/c1-11(2)19-8-7-17(16(19)21)6-5-12-9-13(15(20)18-22)3-4-14(12)10-17;/h3-4,9,11,22H,5-8,10H2,1-2H3,(H,18,20);1H2/t17-;/m1./s1. The number of nitrogens with one attached hydrogen (secondary N) is 1. The lowest BCUT2D eigenvalue weighted by Gasteiger charge is -2.34. The van der Waals surface area contributed by atoms with Crippen molar-refractivity contribution in [2.75, 3.05) is 6.54 Å². The molecule has 1 aromatic rings. The highest BCUT2D eigenvalue weighted by atomic mass is 32.1. The summed E-state index contributed by atoms with van der Waals surface area (Å²) in [5, 5.41) is 8.73. The van der Waals surface area contributed by atoms with Crippen LogP contribution >= 0.6 is 13.5 Å². The zero-order valence-corrected chi connectivity index (χ0v) is 14.6. The zero-order chi connectivity index (χ0) is 15.9. The molecule has 1 spiro atoms. The van der Waals surface area contributed by atoms with Crippen molar-refractivity contribution in [3.05, 3.63) is 34.9 Å². The average molecular weight is 336 g/mol. The predicted molar refractivity (Wildman–Crippen MR) is 92.0 cm³/mol. The number of amides is 2. The van der Waals surface area contributed by atoms with Gasteiger partial charge in [0.15, 0.2) is 0 Å². The molecule has 0 unspecified atom stereocenters. The van der Waals surface area contributed by atoms with Crippen LogP contribution in [0.3, 0.4) is 0 Å². The van der Waals surface area contributed by atoms with Crippen LogP contribution in [0.5, 0.6) is 0 Å². The highest BCUT2D eigenvalue weighted by Crippen LogP contribution is 2.44. The van der Waals surface area contributed by atoms with Crippen LogP contribution in [-0.2, 0) is 17.6 Å². The van der Waals surface area contributed by atoms with Gasteiger partial charge in [0.25, 0.3) is 5.91 Å². The van der Waals surface area contributed by atoms with Crippen molar-refractivity contribution in [2.24, 2.45) is 5.41 Å². The lowest BCUT2D eigenvalue weighted by Crippen LogP contribution is -2.41. The molecule has 2 amide bonds.